The Morgan fingerprint density at radius 1 is 1.24 bits per heavy atom. The summed E-state index contributed by atoms with van der Waals surface area (Å²) in [5.74, 6) is 0.636. The summed E-state index contributed by atoms with van der Waals surface area (Å²) in [6, 6.07) is 10.1. The number of benzene rings is 1. The number of carbonyl (C=O) groups excluding carboxylic acids is 1. The molecule has 1 unspecified atom stereocenters. The molecule has 1 aromatic heterocycles. The zero-order valence-corrected chi connectivity index (χ0v) is 14.7. The standard InChI is InChI=1S/C20H28N4O/c21-13-19(17-7-3-1-4-8-17)23-20(25)12-11-16-14-22-24(15-16)18-9-5-2-6-10-18/h2,5-6,9-10,14-15,17,19H,1,3-4,7-8,11-13,21H2,(H,23,25). The molecule has 1 saturated carbocycles. The van der Waals surface area contributed by atoms with Crippen molar-refractivity contribution in [2.24, 2.45) is 11.7 Å². The Hall–Kier alpha value is -2.14. The van der Waals surface area contributed by atoms with Crippen LogP contribution < -0.4 is 11.1 Å². The van der Waals surface area contributed by atoms with E-state index >= 15 is 0 Å². The molecule has 1 atom stereocenters. The zero-order chi connectivity index (χ0) is 17.5. The molecule has 0 saturated heterocycles. The van der Waals surface area contributed by atoms with Gasteiger partial charge >= 0.3 is 0 Å². The number of aromatic nitrogens is 2. The smallest absolute Gasteiger partial charge is 0.220 e. The van der Waals surface area contributed by atoms with Crippen LogP contribution in [0.5, 0.6) is 0 Å². The summed E-state index contributed by atoms with van der Waals surface area (Å²) in [6.45, 7) is 0.530. The molecule has 0 bridgehead atoms. The number of nitrogens with one attached hydrogen (secondary N) is 1. The van der Waals surface area contributed by atoms with Crippen LogP contribution in [0, 0.1) is 5.92 Å². The molecular weight excluding hydrogens is 312 g/mol. The van der Waals surface area contributed by atoms with Crippen molar-refractivity contribution in [3.8, 4) is 5.69 Å². The number of hydrogen-bond acceptors (Lipinski definition) is 3. The number of nitrogens with zero attached hydrogens (tertiary/aromatic N) is 2. The van der Waals surface area contributed by atoms with Gasteiger partial charge in [0.05, 0.1) is 11.9 Å². The molecular formula is C20H28N4O. The molecule has 1 heterocycles. The first kappa shape index (κ1) is 17.7. The number of amides is 1. The van der Waals surface area contributed by atoms with E-state index in [1.165, 1.54) is 32.1 Å². The monoisotopic (exact) mass is 340 g/mol. The SMILES string of the molecule is NCC(NC(=O)CCc1cnn(-c2ccccc2)c1)C1CCCCC1. The van der Waals surface area contributed by atoms with Crippen molar-refractivity contribution in [3.63, 3.8) is 0 Å². The zero-order valence-electron chi connectivity index (χ0n) is 14.7. The van der Waals surface area contributed by atoms with Crippen LogP contribution in [0.15, 0.2) is 42.7 Å². The Kier molecular flexibility index (Phi) is 6.23. The number of nitrogens with two attached hydrogens (primary N) is 1. The number of hydrogen-bond donors (Lipinski definition) is 2. The Morgan fingerprint density at radius 3 is 2.72 bits per heavy atom. The minimum absolute atomic E-state index is 0.0912. The van der Waals surface area contributed by atoms with E-state index in [1.807, 2.05) is 47.4 Å². The largest absolute Gasteiger partial charge is 0.352 e. The van der Waals surface area contributed by atoms with Crippen LogP contribution in [-0.2, 0) is 11.2 Å². The van der Waals surface area contributed by atoms with E-state index in [1.54, 1.807) is 0 Å². The fourth-order valence-corrected chi connectivity index (χ4v) is 3.65. The summed E-state index contributed by atoms with van der Waals surface area (Å²) in [4.78, 5) is 12.3. The third kappa shape index (κ3) is 4.92. The van der Waals surface area contributed by atoms with Crippen molar-refractivity contribution in [2.75, 3.05) is 6.54 Å². The first-order valence-corrected chi connectivity index (χ1v) is 9.34. The average Bonchev–Trinajstić information content (AvgIpc) is 3.15. The summed E-state index contributed by atoms with van der Waals surface area (Å²) >= 11 is 0. The number of carbonyl (C=O) groups is 1. The van der Waals surface area contributed by atoms with Gasteiger partial charge in [-0.2, -0.15) is 5.10 Å². The Bertz CT molecular complexity index is 661. The maximum absolute atomic E-state index is 12.3. The number of para-hydroxylation sites is 1. The maximum atomic E-state index is 12.3. The lowest BCUT2D eigenvalue weighted by Gasteiger charge is -2.30. The van der Waals surface area contributed by atoms with Gasteiger partial charge in [-0.3, -0.25) is 4.79 Å². The summed E-state index contributed by atoms with van der Waals surface area (Å²) in [7, 11) is 0. The molecule has 25 heavy (non-hydrogen) atoms. The predicted octanol–water partition coefficient (Wildman–Crippen LogP) is 2.83. The minimum Gasteiger partial charge on any atom is -0.352 e. The highest BCUT2D eigenvalue weighted by Crippen LogP contribution is 2.26. The van der Waals surface area contributed by atoms with Crippen molar-refractivity contribution in [1.29, 1.82) is 0 Å². The lowest BCUT2D eigenvalue weighted by molar-refractivity contribution is -0.122. The predicted molar refractivity (Wildman–Crippen MR) is 99.4 cm³/mol. The molecule has 5 nitrogen and oxygen atoms in total. The summed E-state index contributed by atoms with van der Waals surface area (Å²) < 4.78 is 1.85. The Morgan fingerprint density at radius 2 is 2.00 bits per heavy atom. The van der Waals surface area contributed by atoms with Crippen LogP contribution in [-0.4, -0.2) is 28.3 Å². The molecule has 1 fully saturated rings. The number of rotatable bonds is 7. The van der Waals surface area contributed by atoms with Gasteiger partial charge < -0.3 is 11.1 Å². The van der Waals surface area contributed by atoms with Crippen LogP contribution >= 0.6 is 0 Å². The van der Waals surface area contributed by atoms with Gasteiger partial charge in [-0.15, -0.1) is 0 Å². The van der Waals surface area contributed by atoms with Crippen molar-refractivity contribution in [3.05, 3.63) is 48.3 Å². The van der Waals surface area contributed by atoms with Gasteiger partial charge in [-0.25, -0.2) is 4.68 Å². The van der Waals surface area contributed by atoms with Crippen molar-refractivity contribution in [1.82, 2.24) is 15.1 Å². The van der Waals surface area contributed by atoms with Gasteiger partial charge in [0.1, 0.15) is 0 Å². The molecule has 134 valence electrons. The van der Waals surface area contributed by atoms with Gasteiger partial charge in [0.25, 0.3) is 0 Å². The maximum Gasteiger partial charge on any atom is 0.220 e. The summed E-state index contributed by atoms with van der Waals surface area (Å²) in [6.07, 6.45) is 11.2. The van der Waals surface area contributed by atoms with Crippen LogP contribution in [0.2, 0.25) is 0 Å². The van der Waals surface area contributed by atoms with E-state index < -0.39 is 0 Å². The van der Waals surface area contributed by atoms with Gasteiger partial charge in [-0.1, -0.05) is 37.5 Å². The highest BCUT2D eigenvalue weighted by atomic mass is 16.1. The second kappa shape index (κ2) is 8.81. The molecule has 1 amide bonds. The molecule has 1 aliphatic rings. The third-order valence-electron chi connectivity index (χ3n) is 5.12. The first-order valence-electron chi connectivity index (χ1n) is 9.34. The fourth-order valence-electron chi connectivity index (χ4n) is 3.65. The van der Waals surface area contributed by atoms with Crippen molar-refractivity contribution in [2.45, 2.75) is 51.0 Å². The fraction of sp³-hybridized carbons (Fsp3) is 0.500. The van der Waals surface area contributed by atoms with Crippen molar-refractivity contribution >= 4 is 5.91 Å². The van der Waals surface area contributed by atoms with Crippen LogP contribution in [0.4, 0.5) is 0 Å². The van der Waals surface area contributed by atoms with Crippen molar-refractivity contribution < 1.29 is 4.79 Å². The van der Waals surface area contributed by atoms with E-state index in [0.717, 1.165) is 11.3 Å². The first-order chi connectivity index (χ1) is 12.3. The second-order valence-electron chi connectivity index (χ2n) is 6.94. The van der Waals surface area contributed by atoms with Gasteiger partial charge in [0.15, 0.2) is 0 Å². The molecule has 2 aromatic rings. The van der Waals surface area contributed by atoms with E-state index in [0.29, 0.717) is 25.3 Å². The minimum atomic E-state index is 0.0912. The van der Waals surface area contributed by atoms with Crippen LogP contribution in [0.25, 0.3) is 5.69 Å². The molecule has 0 aliphatic heterocycles. The molecule has 0 spiro atoms. The quantitative estimate of drug-likeness (QED) is 0.814. The molecule has 0 radical (unpaired) electrons. The average molecular weight is 340 g/mol. The third-order valence-corrected chi connectivity index (χ3v) is 5.12. The Labute approximate surface area is 149 Å². The van der Waals surface area contributed by atoms with E-state index in [-0.39, 0.29) is 11.9 Å². The normalized spacial score (nSPS) is 16.5. The lowest BCUT2D eigenvalue weighted by Crippen LogP contribution is -2.45. The Balaban J connectivity index is 1.49. The van der Waals surface area contributed by atoms with E-state index in [9.17, 15) is 4.79 Å². The molecule has 3 rings (SSSR count). The summed E-state index contributed by atoms with van der Waals surface area (Å²) in [5.41, 5.74) is 8.00. The highest BCUT2D eigenvalue weighted by Gasteiger charge is 2.23. The van der Waals surface area contributed by atoms with Gasteiger partial charge in [0, 0.05) is 25.2 Å². The summed E-state index contributed by atoms with van der Waals surface area (Å²) in [5, 5.41) is 7.53. The van der Waals surface area contributed by atoms with E-state index in [4.69, 9.17) is 5.73 Å². The van der Waals surface area contributed by atoms with E-state index in [2.05, 4.69) is 10.4 Å². The van der Waals surface area contributed by atoms with Crippen LogP contribution in [0.3, 0.4) is 0 Å². The lowest BCUT2D eigenvalue weighted by atomic mass is 9.84. The second-order valence-corrected chi connectivity index (χ2v) is 6.94. The molecule has 1 aromatic carbocycles. The van der Waals surface area contributed by atoms with Crippen LogP contribution in [0.1, 0.15) is 44.1 Å². The molecule has 3 N–H and O–H groups in total. The molecule has 1 aliphatic carbocycles. The van der Waals surface area contributed by atoms with Gasteiger partial charge in [0.2, 0.25) is 5.91 Å². The topological polar surface area (TPSA) is 72.9 Å². The number of aryl methyl sites for hydroxylation is 1. The van der Waals surface area contributed by atoms with Gasteiger partial charge in [-0.05, 0) is 42.9 Å². The highest BCUT2D eigenvalue weighted by molar-refractivity contribution is 5.76. The molecule has 5 heteroatoms.